The number of hydrogen-bond donors (Lipinski definition) is 1. The second-order valence-corrected chi connectivity index (χ2v) is 6.19. The van der Waals surface area contributed by atoms with Crippen molar-refractivity contribution in [2.24, 2.45) is 0 Å². The van der Waals surface area contributed by atoms with Crippen molar-refractivity contribution in [2.75, 3.05) is 0 Å². The lowest BCUT2D eigenvalue weighted by Gasteiger charge is -2.37. The van der Waals surface area contributed by atoms with E-state index in [1.807, 2.05) is 12.1 Å². The summed E-state index contributed by atoms with van der Waals surface area (Å²) in [6, 6.07) is 10.4. The molecule has 0 saturated heterocycles. The molecule has 2 heteroatoms. The first kappa shape index (κ1) is 12.2. The Balaban J connectivity index is 1.85. The van der Waals surface area contributed by atoms with Gasteiger partial charge in [-0.25, -0.2) is 0 Å². The predicted molar refractivity (Wildman–Crippen MR) is 77.7 cm³/mol. The highest BCUT2D eigenvalue weighted by Gasteiger charge is 2.40. The lowest BCUT2D eigenvalue weighted by molar-refractivity contribution is 0.0572. The molecule has 0 radical (unpaired) electrons. The molecule has 1 aromatic heterocycles. The highest BCUT2D eigenvalue weighted by molar-refractivity contribution is 5.45. The first-order valence-electron chi connectivity index (χ1n) is 7.68. The number of aryl methyl sites for hydroxylation is 1. The SMILES string of the molecule is OC1(c2ccccc2C2CCC2)CCCc2occc21. The Hall–Kier alpha value is -1.54. The van der Waals surface area contributed by atoms with Gasteiger partial charge >= 0.3 is 0 Å². The molecule has 2 aliphatic carbocycles. The van der Waals surface area contributed by atoms with Crippen molar-refractivity contribution in [1.82, 2.24) is 0 Å². The van der Waals surface area contributed by atoms with Crippen LogP contribution in [0, 0.1) is 0 Å². The smallest absolute Gasteiger partial charge is 0.118 e. The summed E-state index contributed by atoms with van der Waals surface area (Å²) >= 11 is 0. The molecule has 0 aliphatic heterocycles. The maximum absolute atomic E-state index is 11.4. The average molecular weight is 268 g/mol. The zero-order valence-corrected chi connectivity index (χ0v) is 11.6. The van der Waals surface area contributed by atoms with Gasteiger partial charge in [0.25, 0.3) is 0 Å². The van der Waals surface area contributed by atoms with E-state index in [0.29, 0.717) is 5.92 Å². The molecule has 1 atom stereocenters. The van der Waals surface area contributed by atoms with Crippen molar-refractivity contribution in [2.45, 2.75) is 50.0 Å². The van der Waals surface area contributed by atoms with Crippen LogP contribution >= 0.6 is 0 Å². The number of aliphatic hydroxyl groups is 1. The third-order valence-corrected chi connectivity index (χ3v) is 5.08. The minimum absolute atomic E-state index is 0.632. The van der Waals surface area contributed by atoms with Crippen molar-refractivity contribution in [1.29, 1.82) is 0 Å². The highest BCUT2D eigenvalue weighted by Crippen LogP contribution is 2.46. The summed E-state index contributed by atoms with van der Waals surface area (Å²) in [6.07, 6.45) is 8.26. The fraction of sp³-hybridized carbons (Fsp3) is 0.444. The van der Waals surface area contributed by atoms with Crippen molar-refractivity contribution < 1.29 is 9.52 Å². The Morgan fingerprint density at radius 3 is 2.70 bits per heavy atom. The summed E-state index contributed by atoms with van der Waals surface area (Å²) in [6.45, 7) is 0. The van der Waals surface area contributed by atoms with Crippen LogP contribution in [-0.4, -0.2) is 5.11 Å². The Bertz CT molecular complexity index is 624. The van der Waals surface area contributed by atoms with E-state index in [1.165, 1.54) is 24.8 Å². The van der Waals surface area contributed by atoms with Gasteiger partial charge in [-0.15, -0.1) is 0 Å². The minimum Gasteiger partial charge on any atom is -0.469 e. The van der Waals surface area contributed by atoms with Crippen LogP contribution in [0.2, 0.25) is 0 Å². The predicted octanol–water partition coefficient (Wildman–Crippen LogP) is 4.12. The molecule has 0 spiro atoms. The van der Waals surface area contributed by atoms with E-state index in [2.05, 4.69) is 18.2 Å². The standard InChI is InChI=1S/C18H20O2/c19-18(11-4-9-17-16(18)10-12-20-17)15-8-2-1-7-14(15)13-5-3-6-13/h1-2,7-8,10,12-13,19H,3-6,9,11H2. The number of benzene rings is 1. The summed E-state index contributed by atoms with van der Waals surface area (Å²) in [5.74, 6) is 1.59. The van der Waals surface area contributed by atoms with E-state index in [4.69, 9.17) is 4.42 Å². The zero-order valence-electron chi connectivity index (χ0n) is 11.6. The molecule has 20 heavy (non-hydrogen) atoms. The molecule has 4 rings (SSSR count). The first-order valence-corrected chi connectivity index (χ1v) is 7.68. The Morgan fingerprint density at radius 2 is 1.90 bits per heavy atom. The molecule has 2 nitrogen and oxygen atoms in total. The van der Waals surface area contributed by atoms with E-state index in [9.17, 15) is 5.11 Å². The summed E-state index contributed by atoms with van der Waals surface area (Å²) in [5.41, 5.74) is 2.57. The van der Waals surface area contributed by atoms with E-state index < -0.39 is 5.60 Å². The molecule has 2 aliphatic rings. The van der Waals surface area contributed by atoms with Crippen LogP contribution in [0.4, 0.5) is 0 Å². The summed E-state index contributed by atoms with van der Waals surface area (Å²) < 4.78 is 5.55. The summed E-state index contributed by atoms with van der Waals surface area (Å²) in [5, 5.41) is 11.4. The van der Waals surface area contributed by atoms with E-state index in [-0.39, 0.29) is 0 Å². The van der Waals surface area contributed by atoms with Gasteiger partial charge in [0.2, 0.25) is 0 Å². The lowest BCUT2D eigenvalue weighted by Crippen LogP contribution is -2.33. The number of hydrogen-bond acceptors (Lipinski definition) is 2. The average Bonchev–Trinajstić information content (AvgIpc) is 2.87. The van der Waals surface area contributed by atoms with E-state index in [0.717, 1.165) is 36.1 Å². The van der Waals surface area contributed by atoms with E-state index in [1.54, 1.807) is 6.26 Å². The second-order valence-electron chi connectivity index (χ2n) is 6.19. The fourth-order valence-corrected chi connectivity index (χ4v) is 3.77. The third-order valence-electron chi connectivity index (χ3n) is 5.08. The van der Waals surface area contributed by atoms with Crippen LogP contribution in [0.3, 0.4) is 0 Å². The minimum atomic E-state index is -0.854. The molecule has 1 heterocycles. The zero-order chi connectivity index (χ0) is 13.6. The van der Waals surface area contributed by atoms with Crippen LogP contribution in [0.25, 0.3) is 0 Å². The van der Waals surface area contributed by atoms with Crippen molar-refractivity contribution in [3.63, 3.8) is 0 Å². The van der Waals surface area contributed by atoms with Gasteiger partial charge in [-0.2, -0.15) is 0 Å². The Morgan fingerprint density at radius 1 is 1.05 bits per heavy atom. The highest BCUT2D eigenvalue weighted by atomic mass is 16.3. The van der Waals surface area contributed by atoms with Crippen LogP contribution in [0.5, 0.6) is 0 Å². The van der Waals surface area contributed by atoms with Gasteiger partial charge < -0.3 is 9.52 Å². The number of rotatable bonds is 2. The van der Waals surface area contributed by atoms with Crippen LogP contribution in [-0.2, 0) is 12.0 Å². The molecule has 1 N–H and O–H groups in total. The Labute approximate surface area is 119 Å². The quantitative estimate of drug-likeness (QED) is 0.888. The molecule has 104 valence electrons. The van der Waals surface area contributed by atoms with Crippen LogP contribution < -0.4 is 0 Å². The van der Waals surface area contributed by atoms with Gasteiger partial charge in [0.05, 0.1) is 6.26 Å². The van der Waals surface area contributed by atoms with Gasteiger partial charge in [0, 0.05) is 12.0 Å². The second kappa shape index (κ2) is 4.49. The molecule has 1 saturated carbocycles. The van der Waals surface area contributed by atoms with Crippen molar-refractivity contribution in [3.05, 3.63) is 59.0 Å². The molecular formula is C18H20O2. The number of fused-ring (bicyclic) bond motifs is 1. The molecule has 1 aromatic carbocycles. The molecule has 0 bridgehead atoms. The Kier molecular flexibility index (Phi) is 2.74. The maximum atomic E-state index is 11.4. The van der Waals surface area contributed by atoms with Crippen LogP contribution in [0.1, 0.15) is 60.5 Å². The summed E-state index contributed by atoms with van der Waals surface area (Å²) in [7, 11) is 0. The van der Waals surface area contributed by atoms with Crippen molar-refractivity contribution >= 4 is 0 Å². The van der Waals surface area contributed by atoms with Crippen LogP contribution in [0.15, 0.2) is 41.0 Å². The molecule has 1 fully saturated rings. The normalized spacial score (nSPS) is 26.1. The first-order chi connectivity index (χ1) is 9.79. The molecular weight excluding hydrogens is 248 g/mol. The third kappa shape index (κ3) is 1.68. The molecule has 1 unspecified atom stereocenters. The lowest BCUT2D eigenvalue weighted by atomic mass is 9.71. The number of furan rings is 1. The fourth-order valence-electron chi connectivity index (χ4n) is 3.77. The van der Waals surface area contributed by atoms with Crippen molar-refractivity contribution in [3.8, 4) is 0 Å². The van der Waals surface area contributed by atoms with Gasteiger partial charge in [0.15, 0.2) is 0 Å². The molecule has 2 aromatic rings. The van der Waals surface area contributed by atoms with Gasteiger partial charge in [-0.3, -0.25) is 0 Å². The van der Waals surface area contributed by atoms with E-state index >= 15 is 0 Å². The molecule has 0 amide bonds. The largest absolute Gasteiger partial charge is 0.469 e. The van der Waals surface area contributed by atoms with Gasteiger partial charge in [-0.05, 0) is 48.8 Å². The topological polar surface area (TPSA) is 33.4 Å². The monoisotopic (exact) mass is 268 g/mol. The van der Waals surface area contributed by atoms with Gasteiger partial charge in [-0.1, -0.05) is 30.7 Å². The maximum Gasteiger partial charge on any atom is 0.118 e. The summed E-state index contributed by atoms with van der Waals surface area (Å²) in [4.78, 5) is 0. The van der Waals surface area contributed by atoms with Gasteiger partial charge in [0.1, 0.15) is 11.4 Å².